The highest BCUT2D eigenvalue weighted by Gasteiger charge is 1.84. The second kappa shape index (κ2) is 2.67. The van der Waals surface area contributed by atoms with Crippen LogP contribution in [0.1, 0.15) is 5.82 Å². The van der Waals surface area contributed by atoms with Gasteiger partial charge in [0.25, 0.3) is 0 Å². The molecule has 0 unspecified atom stereocenters. The first-order valence-electron chi connectivity index (χ1n) is 2.30. The van der Waals surface area contributed by atoms with Crippen molar-refractivity contribution in [3.05, 3.63) is 24.3 Å². The Morgan fingerprint density at radius 2 is 2.00 bits per heavy atom. The first-order valence-corrected chi connectivity index (χ1v) is 2.93. The Hall–Kier alpha value is -0.570. The van der Waals surface area contributed by atoms with Crippen LogP contribution in [0.3, 0.4) is 0 Å². The minimum absolute atomic E-state index is 0.612. The number of hydrogen-bond donors (Lipinski definition) is 1. The van der Waals surface area contributed by atoms with Gasteiger partial charge in [0.2, 0.25) is 0 Å². The molecule has 0 aliphatic rings. The van der Waals surface area contributed by atoms with Crippen molar-refractivity contribution in [1.82, 2.24) is 9.97 Å². The summed E-state index contributed by atoms with van der Waals surface area (Å²) in [5, 5.41) is 0. The first kappa shape index (κ1) is 5.56. The highest BCUT2D eigenvalue weighted by Crippen LogP contribution is 1.90. The van der Waals surface area contributed by atoms with E-state index in [1.165, 1.54) is 0 Å². The molecule has 1 heterocycles. The van der Waals surface area contributed by atoms with Crippen LogP contribution >= 0.6 is 12.6 Å². The van der Waals surface area contributed by atoms with Gasteiger partial charge in [0.05, 0.1) is 5.75 Å². The Labute approximate surface area is 53.4 Å². The van der Waals surface area contributed by atoms with E-state index in [4.69, 9.17) is 0 Å². The van der Waals surface area contributed by atoms with E-state index in [1.54, 1.807) is 18.5 Å². The van der Waals surface area contributed by atoms with Crippen molar-refractivity contribution in [2.75, 3.05) is 0 Å². The normalized spacial score (nSPS) is 9.12. The van der Waals surface area contributed by atoms with E-state index in [2.05, 4.69) is 22.6 Å². The maximum Gasteiger partial charge on any atom is 0.137 e. The van der Waals surface area contributed by atoms with Crippen molar-refractivity contribution < 1.29 is 0 Å². The van der Waals surface area contributed by atoms with Crippen molar-refractivity contribution in [3.8, 4) is 0 Å². The van der Waals surface area contributed by atoms with Crippen molar-refractivity contribution in [2.45, 2.75) is 5.75 Å². The summed E-state index contributed by atoms with van der Waals surface area (Å²) >= 11 is 3.99. The molecule has 0 saturated carbocycles. The molecule has 3 heteroatoms. The SMILES string of the molecule is SCc1ncccn1. The van der Waals surface area contributed by atoms with E-state index in [-0.39, 0.29) is 0 Å². The van der Waals surface area contributed by atoms with E-state index >= 15 is 0 Å². The molecule has 1 rings (SSSR count). The molecule has 0 amide bonds. The molecule has 1 aromatic rings. The zero-order chi connectivity index (χ0) is 5.82. The van der Waals surface area contributed by atoms with Gasteiger partial charge in [-0.2, -0.15) is 12.6 Å². The molecular weight excluding hydrogens is 120 g/mol. The van der Waals surface area contributed by atoms with E-state index in [1.807, 2.05) is 0 Å². The van der Waals surface area contributed by atoms with Crippen LogP contribution < -0.4 is 0 Å². The van der Waals surface area contributed by atoms with Crippen molar-refractivity contribution in [1.29, 1.82) is 0 Å². The van der Waals surface area contributed by atoms with Gasteiger partial charge in [0.1, 0.15) is 5.82 Å². The second-order valence-electron chi connectivity index (χ2n) is 1.32. The molecule has 0 N–H and O–H groups in total. The highest BCUT2D eigenvalue weighted by atomic mass is 32.1. The first-order chi connectivity index (χ1) is 3.93. The fourth-order valence-corrected chi connectivity index (χ4v) is 0.575. The third-order valence-electron chi connectivity index (χ3n) is 0.761. The zero-order valence-electron chi connectivity index (χ0n) is 4.28. The molecule has 8 heavy (non-hydrogen) atoms. The van der Waals surface area contributed by atoms with E-state index in [0.29, 0.717) is 5.75 Å². The number of hydrogen-bond acceptors (Lipinski definition) is 3. The third-order valence-corrected chi connectivity index (χ3v) is 1.04. The summed E-state index contributed by atoms with van der Waals surface area (Å²) in [6.45, 7) is 0. The topological polar surface area (TPSA) is 25.8 Å². The van der Waals surface area contributed by atoms with E-state index in [0.717, 1.165) is 5.82 Å². The van der Waals surface area contributed by atoms with Crippen LogP contribution in [0.25, 0.3) is 0 Å². The van der Waals surface area contributed by atoms with Crippen LogP contribution in [-0.4, -0.2) is 9.97 Å². The highest BCUT2D eigenvalue weighted by molar-refractivity contribution is 7.79. The fourth-order valence-electron chi connectivity index (χ4n) is 0.412. The summed E-state index contributed by atoms with van der Waals surface area (Å²) in [7, 11) is 0. The monoisotopic (exact) mass is 126 g/mol. The smallest absolute Gasteiger partial charge is 0.137 e. The van der Waals surface area contributed by atoms with Gasteiger partial charge in [0.15, 0.2) is 0 Å². The molecule has 1 aromatic heterocycles. The summed E-state index contributed by atoms with van der Waals surface area (Å²) in [6.07, 6.45) is 3.41. The average Bonchev–Trinajstić information content (AvgIpc) is 1.90. The Balaban J connectivity index is 2.83. The average molecular weight is 126 g/mol. The Kier molecular flexibility index (Phi) is 1.86. The van der Waals surface area contributed by atoms with Gasteiger partial charge >= 0.3 is 0 Å². The summed E-state index contributed by atoms with van der Waals surface area (Å²) in [6, 6.07) is 1.78. The van der Waals surface area contributed by atoms with Crippen LogP contribution in [0.5, 0.6) is 0 Å². The fraction of sp³-hybridized carbons (Fsp3) is 0.200. The van der Waals surface area contributed by atoms with Gasteiger partial charge < -0.3 is 0 Å². The predicted molar refractivity (Wildman–Crippen MR) is 34.7 cm³/mol. The molecule has 0 saturated heterocycles. The Bertz CT molecular complexity index is 152. The van der Waals surface area contributed by atoms with Crippen LogP contribution in [0.15, 0.2) is 18.5 Å². The lowest BCUT2D eigenvalue weighted by atomic mass is 10.6. The molecule has 0 fully saturated rings. The maximum atomic E-state index is 3.99. The molecule has 42 valence electrons. The van der Waals surface area contributed by atoms with Crippen molar-refractivity contribution in [2.24, 2.45) is 0 Å². The predicted octanol–water partition coefficient (Wildman–Crippen LogP) is 0.906. The molecule has 0 spiro atoms. The summed E-state index contributed by atoms with van der Waals surface area (Å²) in [5.41, 5.74) is 0. The zero-order valence-corrected chi connectivity index (χ0v) is 5.18. The lowest BCUT2D eigenvalue weighted by Gasteiger charge is -1.87. The molecule has 0 bridgehead atoms. The van der Waals surface area contributed by atoms with Gasteiger partial charge in [0, 0.05) is 12.4 Å². The van der Waals surface area contributed by atoms with Gasteiger partial charge in [-0.05, 0) is 6.07 Å². The minimum Gasteiger partial charge on any atom is -0.240 e. The summed E-state index contributed by atoms with van der Waals surface area (Å²) < 4.78 is 0. The second-order valence-corrected chi connectivity index (χ2v) is 1.64. The van der Waals surface area contributed by atoms with E-state index < -0.39 is 0 Å². The van der Waals surface area contributed by atoms with Gasteiger partial charge in [-0.15, -0.1) is 0 Å². The number of rotatable bonds is 1. The van der Waals surface area contributed by atoms with E-state index in [9.17, 15) is 0 Å². The molecule has 0 radical (unpaired) electrons. The Morgan fingerprint density at radius 3 is 2.38 bits per heavy atom. The summed E-state index contributed by atoms with van der Waals surface area (Å²) in [4.78, 5) is 7.82. The Morgan fingerprint density at radius 1 is 1.38 bits per heavy atom. The number of nitrogens with zero attached hydrogens (tertiary/aromatic N) is 2. The minimum atomic E-state index is 0.612. The van der Waals surface area contributed by atoms with Crippen molar-refractivity contribution >= 4 is 12.6 Å². The maximum absolute atomic E-state index is 3.99. The van der Waals surface area contributed by atoms with Crippen LogP contribution in [-0.2, 0) is 5.75 Å². The van der Waals surface area contributed by atoms with Crippen LogP contribution in [0.4, 0.5) is 0 Å². The largest absolute Gasteiger partial charge is 0.240 e. The van der Waals surface area contributed by atoms with Crippen LogP contribution in [0, 0.1) is 0 Å². The molecule has 0 aliphatic carbocycles. The van der Waals surface area contributed by atoms with Gasteiger partial charge in [-0.25, -0.2) is 9.97 Å². The molecule has 0 atom stereocenters. The molecular formula is C5H6N2S. The van der Waals surface area contributed by atoms with Crippen LogP contribution in [0.2, 0.25) is 0 Å². The number of aromatic nitrogens is 2. The van der Waals surface area contributed by atoms with Gasteiger partial charge in [-0.3, -0.25) is 0 Å². The lowest BCUT2D eigenvalue weighted by molar-refractivity contribution is 1.04. The van der Waals surface area contributed by atoms with Gasteiger partial charge in [-0.1, -0.05) is 0 Å². The molecule has 2 nitrogen and oxygen atoms in total. The third kappa shape index (κ3) is 1.20. The lowest BCUT2D eigenvalue weighted by Crippen LogP contribution is -1.86. The molecule has 0 aliphatic heterocycles. The van der Waals surface area contributed by atoms with Crippen molar-refractivity contribution in [3.63, 3.8) is 0 Å². The summed E-state index contributed by atoms with van der Waals surface area (Å²) in [5.74, 6) is 1.39. The standard InChI is InChI=1S/C5H6N2S/c8-4-5-6-2-1-3-7-5/h1-3,8H,4H2. The molecule has 0 aromatic carbocycles. The quantitative estimate of drug-likeness (QED) is 0.566. The number of thiol groups is 1.